The fraction of sp³-hybridized carbons (Fsp3) is 0.269. The van der Waals surface area contributed by atoms with Gasteiger partial charge in [0, 0.05) is 6.54 Å². The molecular weight excluding hydrogens is 418 g/mol. The van der Waals surface area contributed by atoms with Gasteiger partial charge >= 0.3 is 0 Å². The fourth-order valence-corrected chi connectivity index (χ4v) is 4.58. The number of nitriles is 1. The van der Waals surface area contributed by atoms with E-state index < -0.39 is 5.91 Å². The molecule has 0 bridgehead atoms. The van der Waals surface area contributed by atoms with E-state index in [9.17, 15) is 14.9 Å². The Kier molecular flexibility index (Phi) is 7.45. The molecule has 1 heterocycles. The van der Waals surface area contributed by atoms with Crippen LogP contribution < -0.4 is 20.1 Å². The van der Waals surface area contributed by atoms with Gasteiger partial charge in [0.15, 0.2) is 5.57 Å². The number of hydrogen-bond acceptors (Lipinski definition) is 4. The molecule has 3 rings (SSSR count). The van der Waals surface area contributed by atoms with E-state index in [1.165, 1.54) is 15.9 Å². The number of carbonyl (C=O) groups is 1. The van der Waals surface area contributed by atoms with Crippen molar-refractivity contribution in [3.05, 3.63) is 84.3 Å². The van der Waals surface area contributed by atoms with Gasteiger partial charge < -0.3 is 5.32 Å². The van der Waals surface area contributed by atoms with E-state index in [1.54, 1.807) is 0 Å². The number of amides is 1. The van der Waals surface area contributed by atoms with Crippen molar-refractivity contribution in [1.82, 2.24) is 9.88 Å². The highest BCUT2D eigenvalue weighted by molar-refractivity contribution is 7.07. The zero-order chi connectivity index (χ0) is 23.3. The van der Waals surface area contributed by atoms with Crippen LogP contribution in [0, 0.1) is 32.1 Å². The molecule has 0 fully saturated rings. The van der Waals surface area contributed by atoms with Gasteiger partial charge in [-0.1, -0.05) is 61.4 Å². The molecule has 5 nitrogen and oxygen atoms in total. The molecule has 0 aliphatic rings. The smallest absolute Gasteiger partial charge is 0.273 e. The normalized spacial score (nSPS) is 12.4. The van der Waals surface area contributed by atoms with Crippen LogP contribution >= 0.6 is 11.3 Å². The zero-order valence-corrected chi connectivity index (χ0v) is 19.7. The van der Waals surface area contributed by atoms with Crippen LogP contribution in [0.2, 0.25) is 0 Å². The topological polar surface area (TPSA) is 74.9 Å². The van der Waals surface area contributed by atoms with Gasteiger partial charge in [0.1, 0.15) is 10.7 Å². The van der Waals surface area contributed by atoms with Crippen molar-refractivity contribution in [2.24, 2.45) is 0 Å². The Morgan fingerprint density at radius 2 is 1.78 bits per heavy atom. The number of benzene rings is 2. The fourth-order valence-electron chi connectivity index (χ4n) is 3.49. The average molecular weight is 446 g/mol. The summed E-state index contributed by atoms with van der Waals surface area (Å²) < 4.78 is 2.34. The van der Waals surface area contributed by atoms with Gasteiger partial charge in [-0.2, -0.15) is 5.26 Å². The minimum Gasteiger partial charge on any atom is -0.351 e. The minimum absolute atomic E-state index is 0.0468. The number of aryl methyl sites for hydroxylation is 3. The molecule has 0 saturated heterocycles. The number of para-hydroxylation sites is 1. The van der Waals surface area contributed by atoms with Gasteiger partial charge in [-0.3, -0.25) is 14.2 Å². The van der Waals surface area contributed by atoms with Gasteiger partial charge in [-0.25, -0.2) is 0 Å². The number of rotatable bonds is 6. The molecule has 0 unspecified atom stereocenters. The zero-order valence-electron chi connectivity index (χ0n) is 18.9. The molecular formula is C26H27N3O2S. The van der Waals surface area contributed by atoms with E-state index in [4.69, 9.17) is 0 Å². The average Bonchev–Trinajstić information content (AvgIpc) is 3.06. The molecule has 0 radical (unpaired) electrons. The largest absolute Gasteiger partial charge is 0.351 e. The quantitative estimate of drug-likeness (QED) is 0.592. The summed E-state index contributed by atoms with van der Waals surface area (Å²) in [7, 11) is 0. The van der Waals surface area contributed by atoms with Crippen LogP contribution in [0.3, 0.4) is 0 Å². The third-order valence-corrected chi connectivity index (χ3v) is 6.32. The number of aromatic nitrogens is 1. The predicted molar refractivity (Wildman–Crippen MR) is 130 cm³/mol. The van der Waals surface area contributed by atoms with E-state index in [1.807, 2.05) is 82.3 Å². The van der Waals surface area contributed by atoms with Crippen molar-refractivity contribution in [2.45, 2.75) is 40.5 Å². The van der Waals surface area contributed by atoms with Crippen LogP contribution in [0.25, 0.3) is 17.3 Å². The molecule has 0 atom stereocenters. The number of nitrogens with one attached hydrogen (secondary N) is 1. The predicted octanol–water partition coefficient (Wildman–Crippen LogP) is 3.24. The molecule has 0 spiro atoms. The summed E-state index contributed by atoms with van der Waals surface area (Å²) in [5, 5.41) is 12.7. The number of unbranched alkanes of at least 4 members (excludes halogenated alkanes) is 1. The van der Waals surface area contributed by atoms with Crippen molar-refractivity contribution < 1.29 is 4.79 Å². The lowest BCUT2D eigenvalue weighted by molar-refractivity contribution is -0.115. The second-order valence-corrected chi connectivity index (χ2v) is 8.83. The van der Waals surface area contributed by atoms with Crippen molar-refractivity contribution in [2.75, 3.05) is 6.54 Å². The SMILES string of the molecule is CCCCNC(=O)/C(C#N)=c1\s/c(=C\c2ccc(C)cc2)c(=O)n1-c1c(C)cccc1C. The molecule has 0 saturated carbocycles. The molecule has 6 heteroatoms. The molecule has 3 aromatic rings. The van der Waals surface area contributed by atoms with E-state index in [2.05, 4.69) is 5.32 Å². The standard InChI is InChI=1S/C26H27N3O2S/c1-5-6-14-28-24(30)21(16-27)26-29(23-18(3)8-7-9-19(23)4)25(31)22(32-26)15-20-12-10-17(2)11-13-20/h7-13,15H,5-6,14H2,1-4H3,(H,28,30)/b22-15-,26-21-. The van der Waals surface area contributed by atoms with Crippen LogP contribution in [-0.4, -0.2) is 17.0 Å². The summed E-state index contributed by atoms with van der Waals surface area (Å²) in [6.45, 7) is 8.38. The first kappa shape index (κ1) is 23.2. The van der Waals surface area contributed by atoms with Crippen molar-refractivity contribution in [3.8, 4) is 11.8 Å². The molecule has 1 aromatic heterocycles. The van der Waals surface area contributed by atoms with Crippen molar-refractivity contribution in [1.29, 1.82) is 5.26 Å². The minimum atomic E-state index is -0.455. The Morgan fingerprint density at radius 1 is 1.12 bits per heavy atom. The van der Waals surface area contributed by atoms with E-state index in [-0.39, 0.29) is 11.1 Å². The second kappa shape index (κ2) is 10.3. The molecule has 32 heavy (non-hydrogen) atoms. The van der Waals surface area contributed by atoms with E-state index in [0.717, 1.165) is 35.1 Å². The van der Waals surface area contributed by atoms with Crippen molar-refractivity contribution in [3.63, 3.8) is 0 Å². The molecule has 1 amide bonds. The Labute approximate surface area is 192 Å². The highest BCUT2D eigenvalue weighted by atomic mass is 32.1. The van der Waals surface area contributed by atoms with Gasteiger partial charge in [0.25, 0.3) is 11.5 Å². The lowest BCUT2D eigenvalue weighted by atomic mass is 10.1. The van der Waals surface area contributed by atoms with Crippen molar-refractivity contribution >= 4 is 28.9 Å². The Bertz CT molecular complexity index is 1340. The van der Waals surface area contributed by atoms with Crippen LogP contribution in [0.15, 0.2) is 47.3 Å². The second-order valence-electron chi connectivity index (χ2n) is 7.80. The number of hydrogen-bond donors (Lipinski definition) is 1. The number of nitrogens with zero attached hydrogens (tertiary/aromatic N) is 2. The van der Waals surface area contributed by atoms with Gasteiger partial charge in [0.2, 0.25) is 0 Å². The van der Waals surface area contributed by atoms with Crippen LogP contribution in [0.4, 0.5) is 0 Å². The third kappa shape index (κ3) is 4.90. The summed E-state index contributed by atoms with van der Waals surface area (Å²) in [5.74, 6) is -0.455. The molecule has 164 valence electrons. The maximum Gasteiger partial charge on any atom is 0.273 e. The number of thiazole rings is 1. The molecule has 2 aromatic carbocycles. The van der Waals surface area contributed by atoms with E-state index >= 15 is 0 Å². The first-order valence-electron chi connectivity index (χ1n) is 10.7. The van der Waals surface area contributed by atoms with Crippen LogP contribution in [0.5, 0.6) is 0 Å². The summed E-state index contributed by atoms with van der Waals surface area (Å²) >= 11 is 1.17. The number of carbonyl (C=O) groups excluding carboxylic acids is 1. The van der Waals surface area contributed by atoms with Crippen LogP contribution in [0.1, 0.15) is 42.0 Å². The van der Waals surface area contributed by atoms with Gasteiger partial charge in [0.05, 0.1) is 10.2 Å². The Balaban J connectivity index is 2.35. The van der Waals surface area contributed by atoms with E-state index in [0.29, 0.717) is 21.4 Å². The monoisotopic (exact) mass is 445 g/mol. The molecule has 1 N–H and O–H groups in total. The highest BCUT2D eigenvalue weighted by Gasteiger charge is 2.18. The first-order chi connectivity index (χ1) is 15.4. The maximum absolute atomic E-state index is 13.6. The lowest BCUT2D eigenvalue weighted by Crippen LogP contribution is -2.34. The molecule has 0 aliphatic heterocycles. The van der Waals surface area contributed by atoms with Gasteiger partial charge in [-0.15, -0.1) is 11.3 Å². The Morgan fingerprint density at radius 3 is 2.38 bits per heavy atom. The summed E-state index contributed by atoms with van der Waals surface area (Å²) in [6, 6.07) is 15.7. The summed E-state index contributed by atoms with van der Waals surface area (Å²) in [6.07, 6.45) is 3.57. The molecule has 0 aliphatic carbocycles. The highest BCUT2D eigenvalue weighted by Crippen LogP contribution is 2.16. The van der Waals surface area contributed by atoms with Gasteiger partial charge in [-0.05, 0) is 50.0 Å². The summed E-state index contributed by atoms with van der Waals surface area (Å²) in [5.41, 5.74) is 4.24. The van der Waals surface area contributed by atoms with Crippen LogP contribution in [-0.2, 0) is 4.79 Å². The summed E-state index contributed by atoms with van der Waals surface area (Å²) in [4.78, 5) is 26.4. The third-order valence-electron chi connectivity index (χ3n) is 5.23. The lowest BCUT2D eigenvalue weighted by Gasteiger charge is -2.11. The maximum atomic E-state index is 13.6. The first-order valence-corrected chi connectivity index (χ1v) is 11.5. The Hall–Kier alpha value is -3.43.